The summed E-state index contributed by atoms with van der Waals surface area (Å²) in [6, 6.07) is 12.0. The fourth-order valence-electron chi connectivity index (χ4n) is 2.68. The maximum Gasteiger partial charge on any atom is 0.264 e. The maximum atomic E-state index is 13.8. The molecule has 26 heavy (non-hydrogen) atoms. The number of nitrogens with zero attached hydrogens (tertiary/aromatic N) is 1. The van der Waals surface area contributed by atoms with Crippen LogP contribution in [0.15, 0.2) is 42.5 Å². The topological polar surface area (TPSA) is 49.4 Å². The zero-order valence-electron chi connectivity index (χ0n) is 14.8. The van der Waals surface area contributed by atoms with Gasteiger partial charge in [0.05, 0.1) is 11.4 Å². The summed E-state index contributed by atoms with van der Waals surface area (Å²) in [5.41, 5.74) is 2.81. The van der Waals surface area contributed by atoms with Crippen molar-refractivity contribution < 1.29 is 14.0 Å². The number of anilines is 1. The van der Waals surface area contributed by atoms with Crippen molar-refractivity contribution in [3.05, 3.63) is 64.3 Å². The summed E-state index contributed by atoms with van der Waals surface area (Å²) in [7, 11) is 1.56. The molecule has 0 aliphatic carbocycles. The van der Waals surface area contributed by atoms with Gasteiger partial charge < -0.3 is 10.2 Å². The molecule has 0 aliphatic heterocycles. The number of hydrogen-bond acceptors (Lipinski definition) is 3. The first-order valence-corrected chi connectivity index (χ1v) is 8.98. The van der Waals surface area contributed by atoms with Crippen molar-refractivity contribution in [3.8, 4) is 0 Å². The molecule has 4 nitrogen and oxygen atoms in total. The number of benzene rings is 2. The molecule has 6 heteroatoms. The molecule has 2 aromatic carbocycles. The molecule has 0 saturated carbocycles. The van der Waals surface area contributed by atoms with Crippen LogP contribution in [-0.2, 0) is 4.79 Å². The molecule has 3 rings (SSSR count). The van der Waals surface area contributed by atoms with E-state index in [1.54, 1.807) is 19.2 Å². The Hall–Kier alpha value is -2.73. The van der Waals surface area contributed by atoms with Crippen LogP contribution in [0.25, 0.3) is 10.1 Å². The van der Waals surface area contributed by atoms with Gasteiger partial charge in [-0.2, -0.15) is 0 Å². The summed E-state index contributed by atoms with van der Waals surface area (Å²) in [4.78, 5) is 26.6. The Bertz CT molecular complexity index is 997. The Morgan fingerprint density at radius 3 is 2.62 bits per heavy atom. The van der Waals surface area contributed by atoms with Crippen LogP contribution in [0.1, 0.15) is 20.8 Å². The largest absolute Gasteiger partial charge is 0.332 e. The molecular formula is C20H19FN2O2S. The van der Waals surface area contributed by atoms with Gasteiger partial charge in [-0.1, -0.05) is 18.2 Å². The second kappa shape index (κ2) is 7.25. The van der Waals surface area contributed by atoms with E-state index in [0.29, 0.717) is 15.0 Å². The minimum Gasteiger partial charge on any atom is -0.332 e. The van der Waals surface area contributed by atoms with Gasteiger partial charge >= 0.3 is 0 Å². The Balaban J connectivity index is 1.71. The third-order valence-electron chi connectivity index (χ3n) is 4.33. The first-order valence-electron chi connectivity index (χ1n) is 8.16. The highest BCUT2D eigenvalue weighted by atomic mass is 32.1. The minimum absolute atomic E-state index is 0.0804. The molecule has 2 amide bonds. The number of hydrogen-bond donors (Lipinski definition) is 1. The number of nitrogens with one attached hydrogen (secondary N) is 1. The summed E-state index contributed by atoms with van der Waals surface area (Å²) < 4.78 is 14.5. The van der Waals surface area contributed by atoms with E-state index in [4.69, 9.17) is 0 Å². The average Bonchev–Trinajstić information content (AvgIpc) is 3.04. The van der Waals surface area contributed by atoms with Crippen LogP contribution in [0.5, 0.6) is 0 Å². The van der Waals surface area contributed by atoms with Crippen molar-refractivity contribution in [1.29, 1.82) is 0 Å². The Morgan fingerprint density at radius 2 is 1.88 bits per heavy atom. The molecule has 0 radical (unpaired) electrons. The average molecular weight is 370 g/mol. The van der Waals surface area contributed by atoms with E-state index in [-0.39, 0.29) is 24.2 Å². The normalized spacial score (nSPS) is 10.8. The lowest BCUT2D eigenvalue weighted by molar-refractivity contribution is -0.116. The maximum absolute atomic E-state index is 13.8. The standard InChI is InChI=1S/C20H19FN2O2S/c1-12-6-4-8-16(13(12)2)22-19(24)11-23(3)20(25)18-10-14-15(21)7-5-9-17(14)26-18/h4-10H,11H2,1-3H3,(H,22,24). The predicted octanol–water partition coefficient (Wildman–Crippen LogP) is 4.37. The molecule has 3 aromatic rings. The van der Waals surface area contributed by atoms with Crippen LogP contribution in [0.2, 0.25) is 0 Å². The molecule has 1 heterocycles. The molecule has 1 aromatic heterocycles. The number of carbonyl (C=O) groups is 2. The fourth-order valence-corrected chi connectivity index (χ4v) is 3.75. The lowest BCUT2D eigenvalue weighted by atomic mass is 10.1. The van der Waals surface area contributed by atoms with Crippen LogP contribution in [-0.4, -0.2) is 30.3 Å². The van der Waals surface area contributed by atoms with E-state index < -0.39 is 0 Å². The number of fused-ring (bicyclic) bond motifs is 1. The quantitative estimate of drug-likeness (QED) is 0.741. The second-order valence-corrected chi connectivity index (χ2v) is 7.30. The summed E-state index contributed by atoms with van der Waals surface area (Å²) in [6.45, 7) is 3.83. The smallest absolute Gasteiger partial charge is 0.264 e. The molecule has 134 valence electrons. The number of carbonyl (C=O) groups excluding carboxylic acids is 2. The highest BCUT2D eigenvalue weighted by molar-refractivity contribution is 7.20. The molecule has 1 N–H and O–H groups in total. The van der Waals surface area contributed by atoms with Crippen molar-refractivity contribution in [2.45, 2.75) is 13.8 Å². The summed E-state index contributed by atoms with van der Waals surface area (Å²) in [5, 5.41) is 3.26. The number of likely N-dealkylation sites (N-methyl/N-ethyl adjacent to an activating group) is 1. The van der Waals surface area contributed by atoms with Crippen LogP contribution in [0, 0.1) is 19.7 Å². The second-order valence-electron chi connectivity index (χ2n) is 6.22. The van der Waals surface area contributed by atoms with E-state index in [9.17, 15) is 14.0 Å². The van der Waals surface area contributed by atoms with Gasteiger partial charge in [0, 0.05) is 22.8 Å². The SMILES string of the molecule is Cc1cccc(NC(=O)CN(C)C(=O)c2cc3c(F)cccc3s2)c1C. The molecule has 0 atom stereocenters. The Kier molecular flexibility index (Phi) is 5.04. The van der Waals surface area contributed by atoms with E-state index in [2.05, 4.69) is 5.32 Å². The lowest BCUT2D eigenvalue weighted by Gasteiger charge is -2.17. The van der Waals surface area contributed by atoms with E-state index in [1.165, 1.54) is 28.4 Å². The van der Waals surface area contributed by atoms with Crippen molar-refractivity contribution >= 4 is 38.9 Å². The van der Waals surface area contributed by atoms with Crippen LogP contribution in [0.3, 0.4) is 0 Å². The van der Waals surface area contributed by atoms with Crippen molar-refractivity contribution in [2.24, 2.45) is 0 Å². The molecule has 0 spiro atoms. The van der Waals surface area contributed by atoms with Gasteiger partial charge in [-0.05, 0) is 49.2 Å². The van der Waals surface area contributed by atoms with Crippen LogP contribution >= 0.6 is 11.3 Å². The molecule has 0 unspecified atom stereocenters. The van der Waals surface area contributed by atoms with Gasteiger partial charge in [-0.15, -0.1) is 11.3 Å². The number of rotatable bonds is 4. The first kappa shape index (κ1) is 18.1. The summed E-state index contributed by atoms with van der Waals surface area (Å²) in [6.07, 6.45) is 0. The zero-order valence-corrected chi connectivity index (χ0v) is 15.6. The number of halogens is 1. The Labute approximate surface area is 155 Å². The minimum atomic E-state index is -0.354. The molecule has 0 saturated heterocycles. The summed E-state index contributed by atoms with van der Waals surface area (Å²) in [5.74, 6) is -0.934. The number of thiophene rings is 1. The predicted molar refractivity (Wildman–Crippen MR) is 103 cm³/mol. The monoisotopic (exact) mass is 370 g/mol. The molecule has 0 aliphatic rings. The van der Waals surface area contributed by atoms with Gasteiger partial charge in [0.1, 0.15) is 5.82 Å². The van der Waals surface area contributed by atoms with Crippen LogP contribution in [0.4, 0.5) is 10.1 Å². The van der Waals surface area contributed by atoms with E-state index in [1.807, 2.05) is 32.0 Å². The molecule has 0 fully saturated rings. The first-order chi connectivity index (χ1) is 12.4. The van der Waals surface area contributed by atoms with Crippen molar-refractivity contribution in [2.75, 3.05) is 18.9 Å². The lowest BCUT2D eigenvalue weighted by Crippen LogP contribution is -2.34. The number of aryl methyl sites for hydroxylation is 1. The van der Waals surface area contributed by atoms with Gasteiger partial charge in [-0.25, -0.2) is 4.39 Å². The van der Waals surface area contributed by atoms with Crippen molar-refractivity contribution in [1.82, 2.24) is 4.90 Å². The third kappa shape index (κ3) is 3.60. The van der Waals surface area contributed by atoms with Crippen molar-refractivity contribution in [3.63, 3.8) is 0 Å². The number of amides is 2. The van der Waals surface area contributed by atoms with E-state index >= 15 is 0 Å². The van der Waals surface area contributed by atoms with Gasteiger partial charge in [0.2, 0.25) is 5.91 Å². The highest BCUT2D eigenvalue weighted by Crippen LogP contribution is 2.28. The van der Waals surface area contributed by atoms with Gasteiger partial charge in [-0.3, -0.25) is 9.59 Å². The third-order valence-corrected chi connectivity index (χ3v) is 5.41. The van der Waals surface area contributed by atoms with Gasteiger partial charge in [0.15, 0.2) is 0 Å². The van der Waals surface area contributed by atoms with Crippen LogP contribution < -0.4 is 5.32 Å². The fraction of sp³-hybridized carbons (Fsp3) is 0.200. The molecular weight excluding hydrogens is 351 g/mol. The highest BCUT2D eigenvalue weighted by Gasteiger charge is 2.19. The molecule has 0 bridgehead atoms. The Morgan fingerprint density at radius 1 is 1.15 bits per heavy atom. The van der Waals surface area contributed by atoms with E-state index in [0.717, 1.165) is 16.8 Å². The van der Waals surface area contributed by atoms with Gasteiger partial charge in [0.25, 0.3) is 5.91 Å². The zero-order chi connectivity index (χ0) is 18.8. The summed E-state index contributed by atoms with van der Waals surface area (Å²) >= 11 is 1.22.